The largest absolute Gasteiger partial charge is 0.494 e. The van der Waals surface area contributed by atoms with Crippen LogP contribution in [0, 0.1) is 5.92 Å². The molecule has 0 fully saturated rings. The summed E-state index contributed by atoms with van der Waals surface area (Å²) in [5.74, 6) is -0.123. The first kappa shape index (κ1) is 21.1. The maximum Gasteiger partial charge on any atom is 0.336 e. The summed E-state index contributed by atoms with van der Waals surface area (Å²) in [6.07, 6.45) is 0. The second-order valence-electron chi connectivity index (χ2n) is 7.15. The van der Waals surface area contributed by atoms with Gasteiger partial charge >= 0.3 is 5.63 Å². The van der Waals surface area contributed by atoms with E-state index in [0.717, 1.165) is 0 Å². The van der Waals surface area contributed by atoms with E-state index in [1.807, 2.05) is 20.8 Å². The molecule has 1 unspecified atom stereocenters. The molecule has 1 atom stereocenters. The number of anilines is 1. The lowest BCUT2D eigenvalue weighted by atomic mass is 10.0. The number of fused-ring (bicyclic) bond motifs is 1. The molecule has 2 aromatic carbocycles. The Morgan fingerprint density at radius 1 is 1.03 bits per heavy atom. The lowest BCUT2D eigenvalue weighted by Crippen LogP contribution is -2.47. The van der Waals surface area contributed by atoms with Crippen LogP contribution >= 0.6 is 0 Å². The highest BCUT2D eigenvalue weighted by atomic mass is 16.5. The minimum absolute atomic E-state index is 0.130. The molecule has 0 saturated heterocycles. The van der Waals surface area contributed by atoms with Crippen LogP contribution in [0.2, 0.25) is 0 Å². The molecule has 1 aromatic heterocycles. The summed E-state index contributed by atoms with van der Waals surface area (Å²) in [5, 5.41) is 6.30. The fraction of sp³-hybridized carbons (Fsp3) is 0.261. The molecule has 0 aliphatic carbocycles. The van der Waals surface area contributed by atoms with E-state index in [1.54, 1.807) is 48.5 Å². The van der Waals surface area contributed by atoms with Crippen molar-refractivity contribution in [1.82, 2.24) is 5.32 Å². The van der Waals surface area contributed by atoms with Gasteiger partial charge in [0, 0.05) is 22.7 Å². The fourth-order valence-corrected chi connectivity index (χ4v) is 3.00. The summed E-state index contributed by atoms with van der Waals surface area (Å²) >= 11 is 0. The summed E-state index contributed by atoms with van der Waals surface area (Å²) in [6, 6.07) is 14.0. The Bertz CT molecular complexity index is 1100. The van der Waals surface area contributed by atoms with Gasteiger partial charge in [0.05, 0.1) is 6.61 Å². The molecule has 0 aliphatic rings. The third-order valence-corrected chi connectivity index (χ3v) is 4.55. The van der Waals surface area contributed by atoms with Gasteiger partial charge in [-0.1, -0.05) is 13.8 Å². The van der Waals surface area contributed by atoms with Crippen molar-refractivity contribution in [3.63, 3.8) is 0 Å². The third-order valence-electron chi connectivity index (χ3n) is 4.55. The van der Waals surface area contributed by atoms with Crippen molar-refractivity contribution >= 4 is 28.5 Å². The van der Waals surface area contributed by atoms with E-state index in [0.29, 0.717) is 34.6 Å². The standard InChI is InChI=1S/C23H24N2O5/c1-4-29-18-9-5-15(6-10-18)22(27)25-21(14(2)3)23(28)24-17-8-11-19-16(13-17)7-12-20(26)30-19/h5-14,21H,4H2,1-3H3,(H,24,28)(H,25,27). The molecular weight excluding hydrogens is 384 g/mol. The molecule has 30 heavy (non-hydrogen) atoms. The van der Waals surface area contributed by atoms with Gasteiger partial charge in [0.1, 0.15) is 17.4 Å². The van der Waals surface area contributed by atoms with E-state index >= 15 is 0 Å². The monoisotopic (exact) mass is 408 g/mol. The summed E-state index contributed by atoms with van der Waals surface area (Å²) in [5.41, 5.74) is 0.987. The number of benzene rings is 2. The summed E-state index contributed by atoms with van der Waals surface area (Å²) in [4.78, 5) is 36.7. The van der Waals surface area contributed by atoms with Gasteiger partial charge < -0.3 is 19.8 Å². The van der Waals surface area contributed by atoms with Crippen LogP contribution in [0.3, 0.4) is 0 Å². The molecule has 0 spiro atoms. The van der Waals surface area contributed by atoms with E-state index in [4.69, 9.17) is 9.15 Å². The van der Waals surface area contributed by atoms with E-state index in [-0.39, 0.29) is 17.7 Å². The van der Waals surface area contributed by atoms with Gasteiger partial charge in [-0.05, 0) is 61.4 Å². The number of rotatable bonds is 7. The average Bonchev–Trinajstić information content (AvgIpc) is 2.72. The molecule has 3 aromatic rings. The van der Waals surface area contributed by atoms with Crippen molar-refractivity contribution in [3.8, 4) is 5.75 Å². The van der Waals surface area contributed by atoms with E-state index in [9.17, 15) is 14.4 Å². The molecule has 1 heterocycles. The van der Waals surface area contributed by atoms with Crippen LogP contribution in [0.5, 0.6) is 5.75 Å². The summed E-state index contributed by atoms with van der Waals surface area (Å²) in [6.45, 7) is 6.15. The first-order chi connectivity index (χ1) is 14.4. The normalized spacial score (nSPS) is 11.9. The smallest absolute Gasteiger partial charge is 0.336 e. The van der Waals surface area contributed by atoms with Gasteiger partial charge in [-0.3, -0.25) is 9.59 Å². The minimum atomic E-state index is -0.728. The van der Waals surface area contributed by atoms with Gasteiger partial charge in [-0.15, -0.1) is 0 Å². The molecule has 0 aliphatic heterocycles. The zero-order chi connectivity index (χ0) is 21.7. The van der Waals surface area contributed by atoms with Crippen LogP contribution in [0.25, 0.3) is 11.0 Å². The van der Waals surface area contributed by atoms with Crippen LogP contribution in [0.4, 0.5) is 5.69 Å². The van der Waals surface area contributed by atoms with E-state index in [2.05, 4.69) is 10.6 Å². The molecule has 0 saturated carbocycles. The summed E-state index contributed by atoms with van der Waals surface area (Å²) < 4.78 is 10.5. The van der Waals surface area contributed by atoms with Gasteiger partial charge in [-0.25, -0.2) is 4.79 Å². The first-order valence-corrected chi connectivity index (χ1v) is 9.76. The molecule has 0 bridgehead atoms. The quantitative estimate of drug-likeness (QED) is 0.583. The zero-order valence-corrected chi connectivity index (χ0v) is 17.1. The second kappa shape index (κ2) is 9.26. The van der Waals surface area contributed by atoms with Crippen LogP contribution in [-0.2, 0) is 4.79 Å². The van der Waals surface area contributed by atoms with E-state index < -0.39 is 11.7 Å². The number of ether oxygens (including phenoxy) is 1. The SMILES string of the molecule is CCOc1ccc(C(=O)NC(C(=O)Nc2ccc3oc(=O)ccc3c2)C(C)C)cc1. The molecule has 0 radical (unpaired) electrons. The number of nitrogens with one attached hydrogen (secondary N) is 2. The highest BCUT2D eigenvalue weighted by Crippen LogP contribution is 2.19. The molecular formula is C23H24N2O5. The second-order valence-corrected chi connectivity index (χ2v) is 7.15. The molecule has 2 N–H and O–H groups in total. The lowest BCUT2D eigenvalue weighted by molar-refractivity contribution is -0.118. The predicted molar refractivity (Wildman–Crippen MR) is 115 cm³/mol. The third kappa shape index (κ3) is 5.05. The summed E-state index contributed by atoms with van der Waals surface area (Å²) in [7, 11) is 0. The molecule has 3 rings (SSSR count). The molecule has 156 valence electrons. The highest BCUT2D eigenvalue weighted by Gasteiger charge is 2.25. The maximum absolute atomic E-state index is 12.8. The zero-order valence-electron chi connectivity index (χ0n) is 17.1. The Hall–Kier alpha value is -3.61. The van der Waals surface area contributed by atoms with Gasteiger partial charge in [0.25, 0.3) is 5.91 Å². The Morgan fingerprint density at radius 2 is 1.77 bits per heavy atom. The maximum atomic E-state index is 12.8. The van der Waals surface area contributed by atoms with Crippen molar-refractivity contribution in [1.29, 1.82) is 0 Å². The Kier molecular flexibility index (Phi) is 6.51. The number of carbonyl (C=O) groups excluding carboxylic acids is 2. The lowest BCUT2D eigenvalue weighted by Gasteiger charge is -2.22. The number of carbonyl (C=O) groups is 2. The first-order valence-electron chi connectivity index (χ1n) is 9.76. The van der Waals surface area contributed by atoms with Gasteiger partial charge in [-0.2, -0.15) is 0 Å². The van der Waals surface area contributed by atoms with Crippen molar-refractivity contribution in [2.75, 3.05) is 11.9 Å². The Balaban J connectivity index is 1.72. The van der Waals surface area contributed by atoms with Crippen molar-refractivity contribution < 1.29 is 18.7 Å². The molecule has 2 amide bonds. The topological polar surface area (TPSA) is 97.6 Å². The average molecular weight is 408 g/mol. The van der Waals surface area contributed by atoms with Crippen molar-refractivity contribution in [2.24, 2.45) is 5.92 Å². The Labute approximate surface area is 174 Å². The van der Waals surface area contributed by atoms with Gasteiger partial charge in [0.2, 0.25) is 5.91 Å². The van der Waals surface area contributed by atoms with Crippen LogP contribution in [-0.4, -0.2) is 24.5 Å². The highest BCUT2D eigenvalue weighted by molar-refractivity contribution is 6.02. The molecule has 7 heteroatoms. The van der Waals surface area contributed by atoms with E-state index in [1.165, 1.54) is 6.07 Å². The Morgan fingerprint density at radius 3 is 2.43 bits per heavy atom. The minimum Gasteiger partial charge on any atom is -0.494 e. The predicted octanol–water partition coefficient (Wildman–Crippen LogP) is 3.58. The van der Waals surface area contributed by atoms with Crippen molar-refractivity contribution in [3.05, 3.63) is 70.6 Å². The number of hydrogen-bond donors (Lipinski definition) is 2. The number of hydrogen-bond acceptors (Lipinski definition) is 5. The van der Waals surface area contributed by atoms with Crippen LogP contribution < -0.4 is 21.0 Å². The molecule has 7 nitrogen and oxygen atoms in total. The fourth-order valence-electron chi connectivity index (χ4n) is 3.00. The van der Waals surface area contributed by atoms with Crippen LogP contribution in [0.15, 0.2) is 63.8 Å². The number of amides is 2. The van der Waals surface area contributed by atoms with Gasteiger partial charge in [0.15, 0.2) is 0 Å². The van der Waals surface area contributed by atoms with Crippen LogP contribution in [0.1, 0.15) is 31.1 Å². The van der Waals surface area contributed by atoms with Crippen molar-refractivity contribution in [2.45, 2.75) is 26.8 Å².